The van der Waals surface area contributed by atoms with Crippen molar-refractivity contribution in [3.63, 3.8) is 0 Å². The lowest BCUT2D eigenvalue weighted by Crippen LogP contribution is -2.42. The molecule has 2 atom stereocenters. The van der Waals surface area contributed by atoms with Crippen LogP contribution in [0.4, 0.5) is 0 Å². The molecule has 3 aromatic rings. The first-order valence-electron chi connectivity index (χ1n) is 11.6. The van der Waals surface area contributed by atoms with E-state index >= 15 is 0 Å². The first kappa shape index (κ1) is 22.1. The van der Waals surface area contributed by atoms with Crippen molar-refractivity contribution in [3.05, 3.63) is 77.3 Å². The molecule has 1 N–H and O–H groups in total. The topological polar surface area (TPSA) is 58.7 Å². The van der Waals surface area contributed by atoms with Gasteiger partial charge in [0.05, 0.1) is 43.8 Å². The third-order valence-corrected chi connectivity index (χ3v) is 7.14. The highest BCUT2D eigenvalue weighted by molar-refractivity contribution is 7.80. The van der Waals surface area contributed by atoms with Gasteiger partial charge in [-0.1, -0.05) is 6.07 Å². The minimum atomic E-state index is 0.000881. The van der Waals surface area contributed by atoms with E-state index in [1.54, 1.807) is 6.26 Å². The van der Waals surface area contributed by atoms with E-state index in [1.807, 2.05) is 30.5 Å². The highest BCUT2D eigenvalue weighted by Crippen LogP contribution is 2.40. The van der Waals surface area contributed by atoms with E-state index in [0.717, 1.165) is 62.5 Å². The molecule has 2 aliphatic rings. The van der Waals surface area contributed by atoms with Gasteiger partial charge in [0.2, 0.25) is 0 Å². The van der Waals surface area contributed by atoms with Crippen LogP contribution in [-0.2, 0) is 11.3 Å². The van der Waals surface area contributed by atoms with Crippen molar-refractivity contribution in [2.75, 3.05) is 39.4 Å². The molecule has 2 saturated heterocycles. The van der Waals surface area contributed by atoms with Crippen LogP contribution in [0.2, 0.25) is 0 Å². The van der Waals surface area contributed by atoms with Crippen molar-refractivity contribution in [1.29, 1.82) is 0 Å². The molecule has 7 nitrogen and oxygen atoms in total. The molecule has 0 bridgehead atoms. The van der Waals surface area contributed by atoms with Gasteiger partial charge in [0.25, 0.3) is 0 Å². The molecule has 3 aromatic heterocycles. The molecular weight excluding hydrogens is 434 g/mol. The summed E-state index contributed by atoms with van der Waals surface area (Å²) in [6.45, 7) is 10.4. The van der Waals surface area contributed by atoms with Crippen LogP contribution in [0.1, 0.15) is 40.5 Å². The fourth-order valence-corrected chi connectivity index (χ4v) is 5.32. The minimum Gasteiger partial charge on any atom is -0.467 e. The summed E-state index contributed by atoms with van der Waals surface area (Å²) in [5, 5.41) is 4.37. The van der Waals surface area contributed by atoms with Crippen LogP contribution in [0.15, 0.2) is 53.3 Å². The maximum absolute atomic E-state index is 5.86. The summed E-state index contributed by atoms with van der Waals surface area (Å²) in [5.74, 6) is 0.953. The van der Waals surface area contributed by atoms with Crippen LogP contribution < -0.4 is 5.32 Å². The number of hydrogen-bond donors (Lipinski definition) is 1. The van der Waals surface area contributed by atoms with Crippen LogP contribution in [-0.4, -0.2) is 63.9 Å². The summed E-state index contributed by atoms with van der Waals surface area (Å²) in [7, 11) is 0. The second-order valence-electron chi connectivity index (χ2n) is 8.77. The van der Waals surface area contributed by atoms with Gasteiger partial charge in [-0.25, -0.2) is 0 Å². The monoisotopic (exact) mass is 465 g/mol. The Morgan fingerprint density at radius 2 is 1.97 bits per heavy atom. The number of rotatable bonds is 7. The van der Waals surface area contributed by atoms with E-state index in [1.165, 1.54) is 17.0 Å². The third kappa shape index (κ3) is 4.55. The van der Waals surface area contributed by atoms with Crippen LogP contribution in [0, 0.1) is 13.8 Å². The Morgan fingerprint density at radius 3 is 2.70 bits per heavy atom. The summed E-state index contributed by atoms with van der Waals surface area (Å²) in [6.07, 6.45) is 3.59. The van der Waals surface area contributed by atoms with E-state index < -0.39 is 0 Å². The Morgan fingerprint density at radius 1 is 1.12 bits per heavy atom. The van der Waals surface area contributed by atoms with Crippen molar-refractivity contribution >= 4 is 17.3 Å². The van der Waals surface area contributed by atoms with E-state index in [-0.39, 0.29) is 12.1 Å². The van der Waals surface area contributed by atoms with Gasteiger partial charge in [-0.05, 0) is 62.0 Å². The molecule has 2 unspecified atom stereocenters. The zero-order valence-corrected chi connectivity index (χ0v) is 20.1. The van der Waals surface area contributed by atoms with Gasteiger partial charge in [-0.2, -0.15) is 0 Å². The molecule has 0 aliphatic carbocycles. The van der Waals surface area contributed by atoms with Crippen molar-refractivity contribution in [1.82, 2.24) is 24.7 Å². The van der Waals surface area contributed by atoms with Gasteiger partial charge >= 0.3 is 0 Å². The maximum atomic E-state index is 5.86. The number of pyridine rings is 1. The Labute approximate surface area is 200 Å². The first-order valence-corrected chi connectivity index (χ1v) is 12.0. The third-order valence-electron chi connectivity index (χ3n) is 6.78. The molecule has 0 radical (unpaired) electrons. The van der Waals surface area contributed by atoms with Crippen molar-refractivity contribution in [2.45, 2.75) is 32.5 Å². The zero-order chi connectivity index (χ0) is 22.8. The molecule has 0 saturated carbocycles. The van der Waals surface area contributed by atoms with Crippen LogP contribution in [0.3, 0.4) is 0 Å². The van der Waals surface area contributed by atoms with E-state index in [2.05, 4.69) is 50.6 Å². The number of aromatic nitrogens is 2. The average molecular weight is 466 g/mol. The van der Waals surface area contributed by atoms with Gasteiger partial charge in [-0.15, -0.1) is 0 Å². The molecular formula is C25H31N5O2S. The second-order valence-corrected chi connectivity index (χ2v) is 9.15. The standard InChI is InChI=1S/C25H31N5O2S/c1-18-16-21(19(2)30(18)17-20-6-5-13-32-20)24-23(22-7-3-4-8-26-22)27-25(33)29(24)10-9-28-11-14-31-15-12-28/h3-8,13,16,23-24H,9-12,14-15,17H2,1-2H3,(H,27,33). The fraction of sp³-hybridized carbons (Fsp3) is 0.440. The summed E-state index contributed by atoms with van der Waals surface area (Å²) in [6, 6.07) is 12.4. The molecule has 174 valence electrons. The number of thiocarbonyl (C=S) groups is 1. The van der Waals surface area contributed by atoms with Crippen LogP contribution in [0.25, 0.3) is 0 Å². The second kappa shape index (κ2) is 9.67. The predicted molar refractivity (Wildman–Crippen MR) is 131 cm³/mol. The van der Waals surface area contributed by atoms with Gasteiger partial charge in [0.15, 0.2) is 5.11 Å². The van der Waals surface area contributed by atoms with Crippen LogP contribution >= 0.6 is 12.2 Å². The number of furan rings is 1. The van der Waals surface area contributed by atoms with E-state index in [4.69, 9.17) is 21.4 Å². The Balaban J connectivity index is 1.47. The summed E-state index contributed by atoms with van der Waals surface area (Å²) >= 11 is 5.86. The fourth-order valence-electron chi connectivity index (χ4n) is 4.99. The average Bonchev–Trinajstić information content (AvgIpc) is 3.54. The SMILES string of the molecule is Cc1cc(C2C(c3ccccn3)NC(=S)N2CCN2CCOCC2)c(C)n1Cc1ccco1. The Bertz CT molecular complexity index is 1080. The largest absolute Gasteiger partial charge is 0.467 e. The van der Waals surface area contributed by atoms with Gasteiger partial charge in [0, 0.05) is 43.8 Å². The zero-order valence-electron chi connectivity index (χ0n) is 19.2. The maximum Gasteiger partial charge on any atom is 0.170 e. The highest BCUT2D eigenvalue weighted by Gasteiger charge is 2.41. The van der Waals surface area contributed by atoms with Crippen molar-refractivity contribution in [2.24, 2.45) is 0 Å². The molecule has 0 aromatic carbocycles. The van der Waals surface area contributed by atoms with E-state index in [9.17, 15) is 0 Å². The van der Waals surface area contributed by atoms with Crippen molar-refractivity contribution in [3.8, 4) is 0 Å². The lowest BCUT2D eigenvalue weighted by Gasteiger charge is -2.32. The molecule has 0 amide bonds. The number of nitrogens with one attached hydrogen (secondary N) is 1. The van der Waals surface area contributed by atoms with E-state index in [0.29, 0.717) is 0 Å². The Hall–Kier alpha value is -2.68. The lowest BCUT2D eigenvalue weighted by molar-refractivity contribution is 0.0350. The normalized spacial score (nSPS) is 21.5. The number of nitrogens with zero attached hydrogens (tertiary/aromatic N) is 4. The summed E-state index contributed by atoms with van der Waals surface area (Å²) < 4.78 is 13.5. The van der Waals surface area contributed by atoms with Crippen molar-refractivity contribution < 1.29 is 9.15 Å². The molecule has 5 heterocycles. The number of morpholine rings is 1. The minimum absolute atomic E-state index is 0.000881. The molecule has 5 rings (SSSR count). The molecule has 8 heteroatoms. The smallest absolute Gasteiger partial charge is 0.170 e. The van der Waals surface area contributed by atoms with Crippen LogP contribution in [0.5, 0.6) is 0 Å². The molecule has 0 spiro atoms. The quantitative estimate of drug-likeness (QED) is 0.537. The summed E-state index contributed by atoms with van der Waals surface area (Å²) in [4.78, 5) is 9.48. The molecule has 33 heavy (non-hydrogen) atoms. The Kier molecular flexibility index (Phi) is 6.48. The number of aryl methyl sites for hydroxylation is 1. The number of hydrogen-bond acceptors (Lipinski definition) is 5. The highest BCUT2D eigenvalue weighted by atomic mass is 32.1. The van der Waals surface area contributed by atoms with Gasteiger partial charge in [0.1, 0.15) is 5.76 Å². The first-order chi connectivity index (χ1) is 16.1. The summed E-state index contributed by atoms with van der Waals surface area (Å²) in [5.41, 5.74) is 4.74. The van der Waals surface area contributed by atoms with Gasteiger partial charge in [-0.3, -0.25) is 9.88 Å². The van der Waals surface area contributed by atoms with Gasteiger partial charge < -0.3 is 23.9 Å². The number of ether oxygens (including phenoxy) is 1. The lowest BCUT2D eigenvalue weighted by atomic mass is 9.97. The predicted octanol–water partition coefficient (Wildman–Crippen LogP) is 3.45. The molecule has 2 aliphatic heterocycles. The molecule has 2 fully saturated rings.